The molecule has 2 saturated carbocycles. The number of aryl methyl sites for hydroxylation is 1. The molecule has 0 unspecified atom stereocenters. The second kappa shape index (κ2) is 10.7. The molecular formula is C29H34N4O4. The second-order valence-corrected chi connectivity index (χ2v) is 10.6. The minimum atomic E-state index is -0.322. The molecule has 6 rings (SSSR count). The molecule has 2 fully saturated rings. The summed E-state index contributed by atoms with van der Waals surface area (Å²) in [5.41, 5.74) is 5.01. The van der Waals surface area contributed by atoms with E-state index in [1.165, 1.54) is 75.3 Å². The molecule has 0 amide bonds. The summed E-state index contributed by atoms with van der Waals surface area (Å²) in [7, 11) is 2.01. The van der Waals surface area contributed by atoms with Gasteiger partial charge in [0.15, 0.2) is 0 Å². The van der Waals surface area contributed by atoms with Crippen LogP contribution in [0.2, 0.25) is 0 Å². The SMILES string of the molecule is Cn1cc(C2CCCCC2)c2cc([N+](=O)[O-])ccc21.O=[N+]([O-])c1ccc2[nH]cc(C3CCCCC3)c2c1. The smallest absolute Gasteiger partial charge is 0.270 e. The van der Waals surface area contributed by atoms with E-state index in [9.17, 15) is 20.2 Å². The number of nitrogens with one attached hydrogen (secondary N) is 1. The third-order valence-corrected chi connectivity index (χ3v) is 8.21. The Morgan fingerprint density at radius 1 is 0.757 bits per heavy atom. The van der Waals surface area contributed by atoms with Crippen molar-refractivity contribution < 1.29 is 9.85 Å². The zero-order valence-corrected chi connectivity index (χ0v) is 21.3. The van der Waals surface area contributed by atoms with Crippen LogP contribution in [-0.4, -0.2) is 19.4 Å². The molecule has 0 atom stereocenters. The molecule has 0 bridgehead atoms. The van der Waals surface area contributed by atoms with Gasteiger partial charge in [0.1, 0.15) is 0 Å². The summed E-state index contributed by atoms with van der Waals surface area (Å²) in [4.78, 5) is 24.4. The fourth-order valence-corrected chi connectivity index (χ4v) is 6.26. The lowest BCUT2D eigenvalue weighted by Crippen LogP contribution is -2.03. The van der Waals surface area contributed by atoms with Crippen LogP contribution in [-0.2, 0) is 7.05 Å². The first-order chi connectivity index (χ1) is 17.9. The van der Waals surface area contributed by atoms with Crippen molar-refractivity contribution in [3.63, 3.8) is 0 Å². The molecule has 1 N–H and O–H groups in total. The van der Waals surface area contributed by atoms with Crippen molar-refractivity contribution in [3.05, 3.63) is 80.1 Å². The molecule has 2 aromatic heterocycles. The molecule has 8 heteroatoms. The fraction of sp³-hybridized carbons (Fsp3) is 0.448. The van der Waals surface area contributed by atoms with Crippen LogP contribution in [0.1, 0.15) is 87.2 Å². The van der Waals surface area contributed by atoms with Gasteiger partial charge in [0.2, 0.25) is 0 Å². The first-order valence-corrected chi connectivity index (χ1v) is 13.4. The first-order valence-electron chi connectivity index (χ1n) is 13.4. The molecule has 0 radical (unpaired) electrons. The van der Waals surface area contributed by atoms with Gasteiger partial charge in [-0.25, -0.2) is 0 Å². The second-order valence-electron chi connectivity index (χ2n) is 10.6. The Morgan fingerprint density at radius 3 is 1.89 bits per heavy atom. The predicted molar refractivity (Wildman–Crippen MR) is 146 cm³/mol. The third kappa shape index (κ3) is 5.24. The monoisotopic (exact) mass is 502 g/mol. The third-order valence-electron chi connectivity index (χ3n) is 8.21. The number of aromatic amines is 1. The highest BCUT2D eigenvalue weighted by atomic mass is 16.6. The number of H-pyrrole nitrogens is 1. The topological polar surface area (TPSA) is 107 Å². The number of nitro groups is 2. The zero-order chi connectivity index (χ0) is 25.9. The van der Waals surface area contributed by atoms with Crippen molar-refractivity contribution in [2.75, 3.05) is 0 Å². The number of nitro benzene ring substituents is 2. The molecule has 2 aromatic carbocycles. The average Bonchev–Trinajstić information content (AvgIpc) is 3.50. The highest BCUT2D eigenvalue weighted by Crippen LogP contribution is 2.39. The minimum absolute atomic E-state index is 0.180. The van der Waals surface area contributed by atoms with Gasteiger partial charge >= 0.3 is 0 Å². The molecule has 0 spiro atoms. The fourth-order valence-electron chi connectivity index (χ4n) is 6.26. The summed E-state index contributed by atoms with van der Waals surface area (Å²) in [5.74, 6) is 1.13. The molecular weight excluding hydrogens is 468 g/mol. The lowest BCUT2D eigenvalue weighted by atomic mass is 9.84. The lowest BCUT2D eigenvalue weighted by molar-refractivity contribution is -0.384. The van der Waals surface area contributed by atoms with E-state index in [1.54, 1.807) is 30.3 Å². The van der Waals surface area contributed by atoms with Crippen LogP contribution >= 0.6 is 0 Å². The summed E-state index contributed by atoms with van der Waals surface area (Å²) in [6.07, 6.45) is 16.7. The molecule has 0 aliphatic heterocycles. The van der Waals surface area contributed by atoms with Crippen LogP contribution in [0.5, 0.6) is 0 Å². The number of hydrogen-bond donors (Lipinski definition) is 1. The number of hydrogen-bond acceptors (Lipinski definition) is 4. The van der Waals surface area contributed by atoms with Crippen molar-refractivity contribution in [3.8, 4) is 0 Å². The normalized spacial score (nSPS) is 17.0. The molecule has 194 valence electrons. The zero-order valence-electron chi connectivity index (χ0n) is 21.3. The van der Waals surface area contributed by atoms with Gasteiger partial charge in [0.25, 0.3) is 11.4 Å². The molecule has 0 saturated heterocycles. The van der Waals surface area contributed by atoms with Gasteiger partial charge in [-0.3, -0.25) is 20.2 Å². The number of aromatic nitrogens is 2. The number of fused-ring (bicyclic) bond motifs is 2. The van der Waals surface area contributed by atoms with E-state index in [1.807, 2.05) is 19.3 Å². The van der Waals surface area contributed by atoms with Crippen molar-refractivity contribution in [2.24, 2.45) is 7.05 Å². The Morgan fingerprint density at radius 2 is 1.30 bits per heavy atom. The standard InChI is InChI=1S/C15H18N2O2.C14H16N2O2/c1-16-10-14(11-5-3-2-4-6-11)13-9-12(17(18)19)7-8-15(13)16;17-16(18)11-6-7-14-12(8-11)13(9-15-14)10-4-2-1-3-5-10/h7-11H,2-6H2,1H3;6-10,15H,1-5H2. The van der Waals surface area contributed by atoms with E-state index < -0.39 is 0 Å². The Kier molecular flexibility index (Phi) is 7.26. The molecule has 37 heavy (non-hydrogen) atoms. The Balaban J connectivity index is 0.000000152. The molecule has 8 nitrogen and oxygen atoms in total. The maximum Gasteiger partial charge on any atom is 0.270 e. The number of non-ortho nitro benzene ring substituents is 2. The minimum Gasteiger partial charge on any atom is -0.361 e. The van der Waals surface area contributed by atoms with E-state index in [-0.39, 0.29) is 21.2 Å². The Labute approximate surface area is 216 Å². The van der Waals surface area contributed by atoms with E-state index in [4.69, 9.17) is 0 Å². The van der Waals surface area contributed by atoms with Gasteiger partial charge < -0.3 is 9.55 Å². The summed E-state index contributed by atoms with van der Waals surface area (Å²) in [6.45, 7) is 0. The quantitative estimate of drug-likeness (QED) is 0.224. The van der Waals surface area contributed by atoms with Crippen LogP contribution in [0.15, 0.2) is 48.8 Å². The predicted octanol–water partition coefficient (Wildman–Crippen LogP) is 8.26. The van der Waals surface area contributed by atoms with Crippen molar-refractivity contribution in [2.45, 2.75) is 76.0 Å². The first kappa shape index (κ1) is 25.0. The van der Waals surface area contributed by atoms with E-state index in [0.717, 1.165) is 21.8 Å². The Bertz CT molecular complexity index is 1420. The molecule has 2 aliphatic rings. The van der Waals surface area contributed by atoms with Gasteiger partial charge in [-0.1, -0.05) is 38.5 Å². The number of rotatable bonds is 4. The molecule has 4 aromatic rings. The summed E-state index contributed by atoms with van der Waals surface area (Å²) in [5, 5.41) is 23.9. The van der Waals surface area contributed by atoms with Crippen LogP contribution in [0.25, 0.3) is 21.8 Å². The van der Waals surface area contributed by atoms with E-state index in [2.05, 4.69) is 15.7 Å². The van der Waals surface area contributed by atoms with Crippen molar-refractivity contribution >= 4 is 33.2 Å². The van der Waals surface area contributed by atoms with Gasteiger partial charge in [-0.2, -0.15) is 0 Å². The maximum atomic E-state index is 10.9. The van der Waals surface area contributed by atoms with Gasteiger partial charge in [-0.05, 0) is 60.8 Å². The van der Waals surface area contributed by atoms with E-state index >= 15 is 0 Å². The van der Waals surface area contributed by atoms with Crippen LogP contribution in [0, 0.1) is 20.2 Å². The van der Waals surface area contributed by atoms with Crippen molar-refractivity contribution in [1.82, 2.24) is 9.55 Å². The summed E-state index contributed by atoms with van der Waals surface area (Å²) < 4.78 is 2.09. The maximum absolute atomic E-state index is 10.9. The van der Waals surface area contributed by atoms with Gasteiger partial charge in [-0.15, -0.1) is 0 Å². The number of benzene rings is 2. The highest BCUT2D eigenvalue weighted by molar-refractivity contribution is 5.87. The lowest BCUT2D eigenvalue weighted by Gasteiger charge is -2.21. The van der Waals surface area contributed by atoms with Gasteiger partial charge in [0, 0.05) is 65.5 Å². The van der Waals surface area contributed by atoms with Crippen LogP contribution < -0.4 is 0 Å². The van der Waals surface area contributed by atoms with Crippen molar-refractivity contribution in [1.29, 1.82) is 0 Å². The average molecular weight is 503 g/mol. The summed E-state index contributed by atoms with van der Waals surface area (Å²) in [6, 6.07) is 10.3. The summed E-state index contributed by atoms with van der Waals surface area (Å²) >= 11 is 0. The van der Waals surface area contributed by atoms with Crippen LogP contribution in [0.3, 0.4) is 0 Å². The highest BCUT2D eigenvalue weighted by Gasteiger charge is 2.22. The van der Waals surface area contributed by atoms with Gasteiger partial charge in [0.05, 0.1) is 9.85 Å². The molecule has 2 heterocycles. The molecule has 2 aliphatic carbocycles. The largest absolute Gasteiger partial charge is 0.361 e. The number of nitrogens with zero attached hydrogens (tertiary/aromatic N) is 3. The van der Waals surface area contributed by atoms with Crippen LogP contribution in [0.4, 0.5) is 11.4 Å². The van der Waals surface area contributed by atoms with E-state index in [0.29, 0.717) is 11.8 Å². The Hall–Kier alpha value is -3.68.